The molecule has 0 bridgehead atoms. The minimum absolute atomic E-state index is 0.124. The van der Waals surface area contributed by atoms with Crippen LogP contribution in [0.3, 0.4) is 0 Å². The molecule has 0 saturated carbocycles. The molecule has 3 rings (SSSR count). The van der Waals surface area contributed by atoms with Crippen LogP contribution < -0.4 is 10.6 Å². The Bertz CT molecular complexity index is 450. The van der Waals surface area contributed by atoms with Crippen LogP contribution in [-0.2, 0) is 12.8 Å². The van der Waals surface area contributed by atoms with Crippen molar-refractivity contribution in [3.8, 4) is 0 Å². The number of carboxylic acid groups (broad SMARTS) is 1. The van der Waals surface area contributed by atoms with E-state index in [0.29, 0.717) is 5.56 Å². The molecular weight excluding hydrogens is 204 g/mol. The van der Waals surface area contributed by atoms with Crippen molar-refractivity contribution in [2.45, 2.75) is 18.4 Å². The molecule has 1 saturated heterocycles. The van der Waals surface area contributed by atoms with E-state index in [1.165, 1.54) is 11.1 Å². The van der Waals surface area contributed by atoms with E-state index in [1.807, 2.05) is 12.1 Å². The number of fused-ring (bicyclic) bond motifs is 1. The molecule has 2 aliphatic rings. The van der Waals surface area contributed by atoms with E-state index in [1.54, 1.807) is 6.07 Å². The number of carboxylic acids is 1. The topological polar surface area (TPSA) is 61.4 Å². The van der Waals surface area contributed by atoms with Gasteiger partial charge in [-0.3, -0.25) is 5.32 Å². The number of rotatable bonds is 1. The summed E-state index contributed by atoms with van der Waals surface area (Å²) in [7, 11) is 0. The first-order valence-electron chi connectivity index (χ1n) is 5.49. The van der Waals surface area contributed by atoms with Crippen LogP contribution in [0.1, 0.15) is 21.5 Å². The Morgan fingerprint density at radius 3 is 2.81 bits per heavy atom. The van der Waals surface area contributed by atoms with E-state index in [9.17, 15) is 4.79 Å². The third-order valence-corrected chi connectivity index (χ3v) is 3.56. The fraction of sp³-hybridized carbons (Fsp3) is 0.417. The summed E-state index contributed by atoms with van der Waals surface area (Å²) in [6.07, 6.45) is 1.92. The normalized spacial score (nSPS) is 27.2. The van der Waals surface area contributed by atoms with Crippen molar-refractivity contribution in [1.29, 1.82) is 0 Å². The number of carbonyl (C=O) groups is 1. The van der Waals surface area contributed by atoms with Gasteiger partial charge in [-0.15, -0.1) is 0 Å². The molecule has 0 radical (unpaired) electrons. The predicted molar refractivity (Wildman–Crippen MR) is 59.5 cm³/mol. The first-order valence-corrected chi connectivity index (χ1v) is 5.49. The number of nitrogens with one attached hydrogen (secondary N) is 2. The minimum Gasteiger partial charge on any atom is -0.478 e. The second kappa shape index (κ2) is 3.30. The molecular formula is C12H14N2O2. The van der Waals surface area contributed by atoms with Crippen molar-refractivity contribution in [1.82, 2.24) is 10.6 Å². The third kappa shape index (κ3) is 1.42. The monoisotopic (exact) mass is 218 g/mol. The van der Waals surface area contributed by atoms with Gasteiger partial charge in [-0.1, -0.05) is 6.07 Å². The Kier molecular flexibility index (Phi) is 2.02. The van der Waals surface area contributed by atoms with Crippen LogP contribution in [0.25, 0.3) is 0 Å². The largest absolute Gasteiger partial charge is 0.478 e. The summed E-state index contributed by atoms with van der Waals surface area (Å²) in [5.74, 6) is -0.846. The summed E-state index contributed by atoms with van der Waals surface area (Å²) in [5, 5.41) is 15.7. The maximum Gasteiger partial charge on any atom is 0.335 e. The Morgan fingerprint density at radius 2 is 2.12 bits per heavy atom. The number of benzene rings is 1. The summed E-state index contributed by atoms with van der Waals surface area (Å²) in [6, 6.07) is 5.46. The van der Waals surface area contributed by atoms with Gasteiger partial charge >= 0.3 is 5.97 Å². The number of hydrogen-bond acceptors (Lipinski definition) is 3. The smallest absolute Gasteiger partial charge is 0.335 e. The predicted octanol–water partition coefficient (Wildman–Crippen LogP) is 0.372. The highest BCUT2D eigenvalue weighted by Gasteiger charge is 2.39. The van der Waals surface area contributed by atoms with Crippen molar-refractivity contribution < 1.29 is 9.90 Å². The van der Waals surface area contributed by atoms with Gasteiger partial charge in [0.2, 0.25) is 0 Å². The molecule has 1 aliphatic carbocycles. The molecule has 4 heteroatoms. The number of aromatic carboxylic acids is 1. The lowest BCUT2D eigenvalue weighted by molar-refractivity contribution is 0.0697. The molecule has 0 aromatic heterocycles. The summed E-state index contributed by atoms with van der Waals surface area (Å²) in [5.41, 5.74) is 2.97. The van der Waals surface area contributed by atoms with E-state index in [2.05, 4.69) is 10.6 Å². The van der Waals surface area contributed by atoms with Crippen molar-refractivity contribution >= 4 is 5.97 Å². The van der Waals surface area contributed by atoms with Crippen molar-refractivity contribution in [2.24, 2.45) is 0 Å². The molecule has 1 fully saturated rings. The molecule has 1 aliphatic heterocycles. The van der Waals surface area contributed by atoms with Crippen LogP contribution in [0.2, 0.25) is 0 Å². The van der Waals surface area contributed by atoms with E-state index in [-0.39, 0.29) is 5.54 Å². The molecule has 1 aromatic rings. The zero-order chi connectivity index (χ0) is 11.2. The zero-order valence-electron chi connectivity index (χ0n) is 8.92. The van der Waals surface area contributed by atoms with E-state index < -0.39 is 5.97 Å². The minimum atomic E-state index is -0.846. The average Bonchev–Trinajstić information content (AvgIpc) is 2.84. The SMILES string of the molecule is O=C(O)c1ccc2c(c1)CC1(CNCN1)C2. The van der Waals surface area contributed by atoms with Crippen LogP contribution in [-0.4, -0.2) is 29.8 Å². The van der Waals surface area contributed by atoms with Crippen LogP contribution in [0.5, 0.6) is 0 Å². The first-order chi connectivity index (χ1) is 7.69. The van der Waals surface area contributed by atoms with Crippen molar-refractivity contribution in [2.75, 3.05) is 13.2 Å². The first kappa shape index (κ1) is 9.81. The quantitative estimate of drug-likeness (QED) is 0.637. The van der Waals surface area contributed by atoms with Gasteiger partial charge in [0.05, 0.1) is 5.56 Å². The molecule has 0 amide bonds. The maximum absolute atomic E-state index is 10.9. The van der Waals surface area contributed by atoms with Crippen LogP contribution in [0.15, 0.2) is 18.2 Å². The second-order valence-electron chi connectivity index (χ2n) is 4.70. The Labute approximate surface area is 93.7 Å². The summed E-state index contributed by atoms with van der Waals surface area (Å²) in [4.78, 5) is 10.9. The third-order valence-electron chi connectivity index (χ3n) is 3.56. The van der Waals surface area contributed by atoms with Crippen molar-refractivity contribution in [3.63, 3.8) is 0 Å². The summed E-state index contributed by atoms with van der Waals surface area (Å²) < 4.78 is 0. The fourth-order valence-corrected chi connectivity index (χ4v) is 2.75. The standard InChI is InChI=1S/C12H14N2O2/c15-11(16)8-1-2-9-4-12(5-10(9)3-8)6-13-7-14-12/h1-3,13-14H,4-7H2,(H,15,16). The van der Waals surface area contributed by atoms with Gasteiger partial charge in [-0.05, 0) is 36.1 Å². The lowest BCUT2D eigenvalue weighted by Crippen LogP contribution is -2.43. The van der Waals surface area contributed by atoms with Crippen LogP contribution in [0, 0.1) is 0 Å². The second-order valence-corrected chi connectivity index (χ2v) is 4.70. The molecule has 16 heavy (non-hydrogen) atoms. The lowest BCUT2D eigenvalue weighted by atomic mass is 9.97. The molecule has 84 valence electrons. The molecule has 1 aromatic carbocycles. The Balaban J connectivity index is 1.94. The van der Waals surface area contributed by atoms with Gasteiger partial charge in [-0.25, -0.2) is 4.79 Å². The average molecular weight is 218 g/mol. The Morgan fingerprint density at radius 1 is 1.31 bits per heavy atom. The van der Waals surface area contributed by atoms with Gasteiger partial charge in [0, 0.05) is 18.8 Å². The van der Waals surface area contributed by atoms with E-state index in [4.69, 9.17) is 5.11 Å². The highest BCUT2D eigenvalue weighted by molar-refractivity contribution is 5.88. The van der Waals surface area contributed by atoms with Gasteiger partial charge in [0.1, 0.15) is 0 Å². The van der Waals surface area contributed by atoms with Gasteiger partial charge in [0.25, 0.3) is 0 Å². The molecule has 1 atom stereocenters. The van der Waals surface area contributed by atoms with Gasteiger partial charge < -0.3 is 10.4 Å². The van der Waals surface area contributed by atoms with Gasteiger partial charge in [0.15, 0.2) is 0 Å². The van der Waals surface area contributed by atoms with Crippen LogP contribution >= 0.6 is 0 Å². The Hall–Kier alpha value is -1.39. The number of hydrogen-bond donors (Lipinski definition) is 3. The highest BCUT2D eigenvalue weighted by Crippen LogP contribution is 2.31. The fourth-order valence-electron chi connectivity index (χ4n) is 2.75. The molecule has 1 spiro atoms. The van der Waals surface area contributed by atoms with E-state index >= 15 is 0 Å². The molecule has 3 N–H and O–H groups in total. The molecule has 1 heterocycles. The summed E-state index contributed by atoms with van der Waals surface area (Å²) in [6.45, 7) is 1.81. The molecule has 1 unspecified atom stereocenters. The van der Waals surface area contributed by atoms with E-state index in [0.717, 1.165) is 26.1 Å². The summed E-state index contributed by atoms with van der Waals surface area (Å²) >= 11 is 0. The zero-order valence-corrected chi connectivity index (χ0v) is 8.92. The highest BCUT2D eigenvalue weighted by atomic mass is 16.4. The van der Waals surface area contributed by atoms with Crippen molar-refractivity contribution in [3.05, 3.63) is 34.9 Å². The lowest BCUT2D eigenvalue weighted by Gasteiger charge is -2.21. The molecule has 4 nitrogen and oxygen atoms in total. The van der Waals surface area contributed by atoms with Gasteiger partial charge in [-0.2, -0.15) is 0 Å². The van der Waals surface area contributed by atoms with Crippen LogP contribution in [0.4, 0.5) is 0 Å². The maximum atomic E-state index is 10.9.